The van der Waals surface area contributed by atoms with Crippen LogP contribution in [0.1, 0.15) is 31.4 Å². The van der Waals surface area contributed by atoms with Gasteiger partial charge >= 0.3 is 0 Å². The Morgan fingerprint density at radius 3 is 2.82 bits per heavy atom. The van der Waals surface area contributed by atoms with Gasteiger partial charge in [0.1, 0.15) is 0 Å². The average Bonchev–Trinajstić information content (AvgIpc) is 2.70. The van der Waals surface area contributed by atoms with Gasteiger partial charge in [0.25, 0.3) is 0 Å². The Balaban J connectivity index is 2.03. The van der Waals surface area contributed by atoms with Gasteiger partial charge < -0.3 is 19.5 Å². The molecule has 0 radical (unpaired) electrons. The van der Waals surface area contributed by atoms with Gasteiger partial charge in [-0.25, -0.2) is 4.98 Å². The lowest BCUT2D eigenvalue weighted by Crippen LogP contribution is -2.20. The fourth-order valence-electron chi connectivity index (χ4n) is 2.42. The van der Waals surface area contributed by atoms with E-state index in [0.717, 1.165) is 17.5 Å². The smallest absolute Gasteiger partial charge is 0.244 e. The number of hydrogen-bond donors (Lipinski definition) is 1. The van der Waals surface area contributed by atoms with Crippen molar-refractivity contribution in [3.05, 3.63) is 52.7 Å². The molecular formula is C21H25ClN2O4. The molecule has 0 unspecified atom stereocenters. The maximum absolute atomic E-state index is 12.2. The van der Waals surface area contributed by atoms with Crippen molar-refractivity contribution in [2.75, 3.05) is 20.3 Å². The Hall–Kier alpha value is -2.73. The number of nitrogens with zero attached hydrogens (tertiary/aromatic N) is 1. The molecule has 0 bridgehead atoms. The Labute approximate surface area is 170 Å². The first-order valence-corrected chi connectivity index (χ1v) is 9.49. The van der Waals surface area contributed by atoms with Gasteiger partial charge in [0.05, 0.1) is 25.3 Å². The monoisotopic (exact) mass is 404 g/mol. The molecule has 0 aliphatic heterocycles. The maximum Gasteiger partial charge on any atom is 0.244 e. The molecule has 1 amide bonds. The molecule has 0 fully saturated rings. The van der Waals surface area contributed by atoms with Crippen LogP contribution in [0, 0.1) is 0 Å². The molecule has 2 rings (SSSR count). The summed E-state index contributed by atoms with van der Waals surface area (Å²) in [4.78, 5) is 16.3. The molecule has 0 saturated heterocycles. The van der Waals surface area contributed by atoms with Crippen LogP contribution in [0.5, 0.6) is 17.4 Å². The molecule has 28 heavy (non-hydrogen) atoms. The SMILES string of the molecule is CCCOc1c(Cl)cc(/C=C/C(=O)NCc2cccnc2OCC)cc1OC. The summed E-state index contributed by atoms with van der Waals surface area (Å²) in [6.07, 6.45) is 5.62. The summed E-state index contributed by atoms with van der Waals surface area (Å²) in [5.41, 5.74) is 1.55. The molecule has 2 aromatic rings. The first-order chi connectivity index (χ1) is 13.6. The number of hydrogen-bond acceptors (Lipinski definition) is 5. The van der Waals surface area contributed by atoms with Crippen LogP contribution >= 0.6 is 11.6 Å². The summed E-state index contributed by atoms with van der Waals surface area (Å²) in [5, 5.41) is 3.25. The molecule has 1 aromatic carbocycles. The van der Waals surface area contributed by atoms with E-state index < -0.39 is 0 Å². The third kappa shape index (κ3) is 6.16. The molecule has 0 spiro atoms. The lowest BCUT2D eigenvalue weighted by atomic mass is 10.2. The summed E-state index contributed by atoms with van der Waals surface area (Å²) in [5.74, 6) is 1.31. The number of benzene rings is 1. The largest absolute Gasteiger partial charge is 0.493 e. The molecule has 0 atom stereocenters. The molecule has 7 heteroatoms. The number of carbonyl (C=O) groups is 1. The number of pyridine rings is 1. The van der Waals surface area contributed by atoms with Gasteiger partial charge in [-0.2, -0.15) is 0 Å². The van der Waals surface area contributed by atoms with Crippen molar-refractivity contribution in [2.45, 2.75) is 26.8 Å². The molecule has 1 heterocycles. The first-order valence-electron chi connectivity index (χ1n) is 9.11. The van der Waals surface area contributed by atoms with E-state index in [4.69, 9.17) is 25.8 Å². The van der Waals surface area contributed by atoms with E-state index in [0.29, 0.717) is 42.2 Å². The molecule has 6 nitrogen and oxygen atoms in total. The van der Waals surface area contributed by atoms with Gasteiger partial charge in [0.15, 0.2) is 11.5 Å². The second-order valence-corrected chi connectivity index (χ2v) is 6.24. The predicted octanol–water partition coefficient (Wildman–Crippen LogP) is 4.26. The third-order valence-electron chi connectivity index (χ3n) is 3.71. The van der Waals surface area contributed by atoms with Crippen LogP contribution in [0.4, 0.5) is 0 Å². The van der Waals surface area contributed by atoms with Crippen LogP contribution in [0.2, 0.25) is 5.02 Å². The van der Waals surface area contributed by atoms with Crippen LogP contribution in [-0.2, 0) is 11.3 Å². The summed E-state index contributed by atoms with van der Waals surface area (Å²) >= 11 is 6.29. The third-order valence-corrected chi connectivity index (χ3v) is 3.99. The molecule has 0 aliphatic rings. The molecule has 0 saturated carbocycles. The number of aromatic nitrogens is 1. The van der Waals surface area contributed by atoms with Gasteiger partial charge in [-0.15, -0.1) is 0 Å². The minimum absolute atomic E-state index is 0.243. The van der Waals surface area contributed by atoms with Crippen molar-refractivity contribution in [3.63, 3.8) is 0 Å². The van der Waals surface area contributed by atoms with Gasteiger partial charge in [-0.1, -0.05) is 24.6 Å². The van der Waals surface area contributed by atoms with Crippen LogP contribution in [0.25, 0.3) is 6.08 Å². The van der Waals surface area contributed by atoms with Gasteiger partial charge in [0, 0.05) is 24.4 Å². The normalized spacial score (nSPS) is 10.7. The second-order valence-electron chi connectivity index (χ2n) is 5.83. The van der Waals surface area contributed by atoms with Crippen molar-refractivity contribution in [1.82, 2.24) is 10.3 Å². The van der Waals surface area contributed by atoms with Gasteiger partial charge in [0.2, 0.25) is 11.8 Å². The standard InChI is InChI=1S/C21H25ClN2O4/c1-4-11-28-20-17(22)12-15(13-18(20)26-3)8-9-19(25)24-14-16-7-6-10-23-21(16)27-5-2/h6-10,12-13H,4-5,11,14H2,1-3H3,(H,24,25)/b9-8+. The average molecular weight is 405 g/mol. The van der Waals surface area contributed by atoms with Crippen molar-refractivity contribution in [1.29, 1.82) is 0 Å². The van der Waals surface area contributed by atoms with E-state index >= 15 is 0 Å². The maximum atomic E-state index is 12.2. The fourth-order valence-corrected chi connectivity index (χ4v) is 2.69. The van der Waals surface area contributed by atoms with E-state index in [9.17, 15) is 4.79 Å². The highest BCUT2D eigenvalue weighted by Gasteiger charge is 2.11. The Kier molecular flexibility index (Phi) is 8.62. The van der Waals surface area contributed by atoms with Gasteiger partial charge in [-0.3, -0.25) is 4.79 Å². The number of ether oxygens (including phenoxy) is 3. The van der Waals surface area contributed by atoms with E-state index in [1.54, 1.807) is 37.6 Å². The summed E-state index contributed by atoms with van der Waals surface area (Å²) in [7, 11) is 1.55. The zero-order valence-corrected chi connectivity index (χ0v) is 17.1. The summed E-state index contributed by atoms with van der Waals surface area (Å²) in [6.45, 7) is 5.28. The van der Waals surface area contributed by atoms with E-state index in [1.165, 1.54) is 6.08 Å². The number of rotatable bonds is 10. The van der Waals surface area contributed by atoms with E-state index in [1.807, 2.05) is 19.9 Å². The van der Waals surface area contributed by atoms with Crippen molar-refractivity contribution in [3.8, 4) is 17.4 Å². The van der Waals surface area contributed by atoms with Crippen molar-refractivity contribution < 1.29 is 19.0 Å². The topological polar surface area (TPSA) is 69.7 Å². The number of methoxy groups -OCH3 is 1. The first kappa shape index (κ1) is 21.6. The van der Waals surface area contributed by atoms with Crippen molar-refractivity contribution in [2.24, 2.45) is 0 Å². The van der Waals surface area contributed by atoms with Crippen LogP contribution in [-0.4, -0.2) is 31.2 Å². The van der Waals surface area contributed by atoms with E-state index in [-0.39, 0.29) is 5.91 Å². The quantitative estimate of drug-likeness (QED) is 0.599. The number of nitrogens with one attached hydrogen (secondary N) is 1. The highest BCUT2D eigenvalue weighted by atomic mass is 35.5. The lowest BCUT2D eigenvalue weighted by molar-refractivity contribution is -0.116. The van der Waals surface area contributed by atoms with Crippen LogP contribution < -0.4 is 19.5 Å². The van der Waals surface area contributed by atoms with Gasteiger partial charge in [-0.05, 0) is 43.2 Å². The fraction of sp³-hybridized carbons (Fsp3) is 0.333. The Morgan fingerprint density at radius 1 is 1.29 bits per heavy atom. The Morgan fingerprint density at radius 2 is 2.11 bits per heavy atom. The summed E-state index contributed by atoms with van der Waals surface area (Å²) < 4.78 is 16.4. The lowest BCUT2D eigenvalue weighted by Gasteiger charge is -2.12. The van der Waals surface area contributed by atoms with Crippen LogP contribution in [0.15, 0.2) is 36.5 Å². The van der Waals surface area contributed by atoms with Crippen LogP contribution in [0.3, 0.4) is 0 Å². The number of carbonyl (C=O) groups excluding carboxylic acids is 1. The molecular weight excluding hydrogens is 380 g/mol. The molecule has 1 aromatic heterocycles. The number of halogens is 1. The predicted molar refractivity (Wildman–Crippen MR) is 110 cm³/mol. The molecule has 0 aliphatic carbocycles. The highest BCUT2D eigenvalue weighted by Crippen LogP contribution is 2.36. The minimum Gasteiger partial charge on any atom is -0.493 e. The molecule has 1 N–H and O–H groups in total. The second kappa shape index (κ2) is 11.2. The summed E-state index contributed by atoms with van der Waals surface area (Å²) in [6, 6.07) is 7.17. The van der Waals surface area contributed by atoms with Crippen molar-refractivity contribution >= 4 is 23.6 Å². The highest BCUT2D eigenvalue weighted by molar-refractivity contribution is 6.32. The van der Waals surface area contributed by atoms with E-state index in [2.05, 4.69) is 10.3 Å². The minimum atomic E-state index is -0.243. The molecule has 150 valence electrons. The Bertz CT molecular complexity index is 824. The number of amides is 1. The zero-order chi connectivity index (χ0) is 20.4. The zero-order valence-electron chi connectivity index (χ0n) is 16.3.